The maximum absolute atomic E-state index is 11.6. The minimum Gasteiger partial charge on any atom is -0.465 e. The van der Waals surface area contributed by atoms with Gasteiger partial charge in [-0.15, -0.1) is 0 Å². The van der Waals surface area contributed by atoms with Gasteiger partial charge in [0, 0.05) is 5.69 Å². The number of hydrogen-bond acceptors (Lipinski definition) is 5. The highest BCUT2D eigenvalue weighted by atomic mass is 16.5. The van der Waals surface area contributed by atoms with Crippen molar-refractivity contribution in [2.24, 2.45) is 0 Å². The average Bonchev–Trinajstić information content (AvgIpc) is 2.93. The van der Waals surface area contributed by atoms with E-state index in [2.05, 4.69) is 5.32 Å². The summed E-state index contributed by atoms with van der Waals surface area (Å²) < 4.78 is 10.1. The van der Waals surface area contributed by atoms with Crippen LogP contribution in [0.5, 0.6) is 0 Å². The van der Waals surface area contributed by atoms with Crippen LogP contribution in [0.25, 0.3) is 0 Å². The topological polar surface area (TPSA) is 71.7 Å². The molecule has 0 aliphatic heterocycles. The Hall–Kier alpha value is -2.27. The lowest BCUT2D eigenvalue weighted by molar-refractivity contribution is 0.0600. The number of carbonyl (C=O) groups is 1. The van der Waals surface area contributed by atoms with Crippen molar-refractivity contribution in [2.75, 3.05) is 12.4 Å². The molecule has 0 aliphatic rings. The highest BCUT2D eigenvalue weighted by Crippen LogP contribution is 2.17. The van der Waals surface area contributed by atoms with E-state index in [1.807, 2.05) is 19.1 Å². The first-order valence-corrected chi connectivity index (χ1v) is 6.25. The molecule has 0 unspecified atom stereocenters. The van der Waals surface area contributed by atoms with Crippen molar-refractivity contribution in [2.45, 2.75) is 20.1 Å². The van der Waals surface area contributed by atoms with E-state index in [0.29, 0.717) is 23.6 Å². The van der Waals surface area contributed by atoms with E-state index < -0.39 is 0 Å². The van der Waals surface area contributed by atoms with Crippen molar-refractivity contribution in [3.05, 3.63) is 53.0 Å². The molecule has 1 heterocycles. The number of benzene rings is 1. The van der Waals surface area contributed by atoms with Crippen LogP contribution in [0.4, 0.5) is 5.69 Å². The van der Waals surface area contributed by atoms with Gasteiger partial charge in [0.15, 0.2) is 0 Å². The number of rotatable bonds is 5. The third-order valence-corrected chi connectivity index (χ3v) is 2.98. The van der Waals surface area contributed by atoms with Crippen LogP contribution in [-0.4, -0.2) is 18.2 Å². The van der Waals surface area contributed by atoms with E-state index in [9.17, 15) is 4.79 Å². The second-order valence-electron chi connectivity index (χ2n) is 4.40. The standard InChI is InChI=1S/C15H17NO4/c1-10-3-4-11(7-14(10)15(18)19-2)16-8-12-5-6-13(9-17)20-12/h3-7,16-17H,8-9H2,1-2H3. The van der Waals surface area contributed by atoms with Gasteiger partial charge in [0.2, 0.25) is 0 Å². The van der Waals surface area contributed by atoms with Crippen molar-refractivity contribution < 1.29 is 19.1 Å². The van der Waals surface area contributed by atoms with Crippen molar-refractivity contribution in [1.29, 1.82) is 0 Å². The highest BCUT2D eigenvalue weighted by Gasteiger charge is 2.10. The number of nitrogens with one attached hydrogen (secondary N) is 1. The van der Waals surface area contributed by atoms with E-state index in [1.54, 1.807) is 18.2 Å². The molecule has 20 heavy (non-hydrogen) atoms. The Bertz CT molecular complexity index is 604. The fraction of sp³-hybridized carbons (Fsp3) is 0.267. The predicted molar refractivity (Wildman–Crippen MR) is 74.5 cm³/mol. The zero-order chi connectivity index (χ0) is 14.5. The van der Waals surface area contributed by atoms with Crippen LogP contribution in [0.2, 0.25) is 0 Å². The molecular weight excluding hydrogens is 258 g/mol. The van der Waals surface area contributed by atoms with Gasteiger partial charge in [-0.2, -0.15) is 0 Å². The van der Waals surface area contributed by atoms with Crippen LogP contribution in [0.15, 0.2) is 34.7 Å². The molecule has 0 fully saturated rings. The second-order valence-corrected chi connectivity index (χ2v) is 4.40. The minimum absolute atomic E-state index is 0.114. The Morgan fingerprint density at radius 1 is 1.30 bits per heavy atom. The van der Waals surface area contributed by atoms with Gasteiger partial charge in [0.25, 0.3) is 0 Å². The van der Waals surface area contributed by atoms with Crippen molar-refractivity contribution in [1.82, 2.24) is 0 Å². The molecule has 0 spiro atoms. The Labute approximate surface area is 117 Å². The third kappa shape index (κ3) is 3.19. The molecule has 0 aliphatic carbocycles. The van der Waals surface area contributed by atoms with E-state index in [1.165, 1.54) is 7.11 Å². The summed E-state index contributed by atoms with van der Waals surface area (Å²) in [5.74, 6) is 0.891. The van der Waals surface area contributed by atoms with Gasteiger partial charge >= 0.3 is 5.97 Å². The first kappa shape index (κ1) is 14.1. The van der Waals surface area contributed by atoms with Crippen LogP contribution >= 0.6 is 0 Å². The number of esters is 1. The largest absolute Gasteiger partial charge is 0.465 e. The fourth-order valence-corrected chi connectivity index (χ4v) is 1.85. The van der Waals surface area contributed by atoms with Gasteiger partial charge in [-0.1, -0.05) is 6.07 Å². The van der Waals surface area contributed by atoms with Gasteiger partial charge in [-0.05, 0) is 36.8 Å². The van der Waals surface area contributed by atoms with Crippen molar-refractivity contribution in [3.63, 3.8) is 0 Å². The number of methoxy groups -OCH3 is 1. The summed E-state index contributed by atoms with van der Waals surface area (Å²) in [6, 6.07) is 9.02. The van der Waals surface area contributed by atoms with E-state index in [-0.39, 0.29) is 12.6 Å². The van der Waals surface area contributed by atoms with Gasteiger partial charge in [0.1, 0.15) is 18.1 Å². The zero-order valence-electron chi connectivity index (χ0n) is 11.5. The smallest absolute Gasteiger partial charge is 0.338 e. The molecule has 2 aromatic rings. The summed E-state index contributed by atoms with van der Waals surface area (Å²) in [5, 5.41) is 12.1. The average molecular weight is 275 g/mol. The molecule has 0 saturated heterocycles. The van der Waals surface area contributed by atoms with Crippen LogP contribution in [-0.2, 0) is 17.9 Å². The molecule has 0 bridgehead atoms. The maximum Gasteiger partial charge on any atom is 0.338 e. The number of carbonyl (C=O) groups excluding carboxylic acids is 1. The first-order chi connectivity index (χ1) is 9.63. The van der Waals surface area contributed by atoms with Gasteiger partial charge in [0.05, 0.1) is 19.2 Å². The number of aryl methyl sites for hydroxylation is 1. The van der Waals surface area contributed by atoms with Gasteiger partial charge in [-0.3, -0.25) is 0 Å². The molecule has 0 radical (unpaired) electrons. The number of aliphatic hydroxyl groups is 1. The van der Waals surface area contributed by atoms with Crippen LogP contribution < -0.4 is 5.32 Å². The summed E-state index contributed by atoms with van der Waals surface area (Å²) in [6.07, 6.45) is 0. The summed E-state index contributed by atoms with van der Waals surface area (Å²) in [7, 11) is 1.36. The van der Waals surface area contributed by atoms with Crippen LogP contribution in [0, 0.1) is 6.92 Å². The minimum atomic E-state index is -0.355. The van der Waals surface area contributed by atoms with Gasteiger partial charge in [-0.25, -0.2) is 4.79 Å². The molecule has 1 aromatic carbocycles. The number of hydrogen-bond donors (Lipinski definition) is 2. The van der Waals surface area contributed by atoms with Crippen molar-refractivity contribution in [3.8, 4) is 0 Å². The van der Waals surface area contributed by atoms with Crippen LogP contribution in [0.3, 0.4) is 0 Å². The molecule has 106 valence electrons. The summed E-state index contributed by atoms with van der Waals surface area (Å²) in [5.41, 5.74) is 2.20. The zero-order valence-corrected chi connectivity index (χ0v) is 11.5. The Balaban J connectivity index is 2.08. The number of anilines is 1. The lowest BCUT2D eigenvalue weighted by Crippen LogP contribution is -2.06. The summed E-state index contributed by atoms with van der Waals surface area (Å²) >= 11 is 0. The predicted octanol–water partition coefficient (Wildman–Crippen LogP) is 2.48. The summed E-state index contributed by atoms with van der Waals surface area (Å²) in [6.45, 7) is 2.22. The molecule has 5 nitrogen and oxygen atoms in total. The third-order valence-electron chi connectivity index (χ3n) is 2.98. The monoisotopic (exact) mass is 275 g/mol. The quantitative estimate of drug-likeness (QED) is 0.820. The maximum atomic E-state index is 11.6. The van der Waals surface area contributed by atoms with Crippen LogP contribution in [0.1, 0.15) is 27.4 Å². The van der Waals surface area contributed by atoms with E-state index in [0.717, 1.165) is 11.3 Å². The molecule has 5 heteroatoms. The highest BCUT2D eigenvalue weighted by molar-refractivity contribution is 5.92. The van der Waals surface area contributed by atoms with Crippen molar-refractivity contribution >= 4 is 11.7 Å². The lowest BCUT2D eigenvalue weighted by atomic mass is 10.1. The molecule has 2 rings (SSSR count). The summed E-state index contributed by atoms with van der Waals surface area (Å²) in [4.78, 5) is 11.6. The second kappa shape index (κ2) is 6.25. The Morgan fingerprint density at radius 2 is 2.05 bits per heavy atom. The number of furan rings is 1. The van der Waals surface area contributed by atoms with E-state index >= 15 is 0 Å². The molecular formula is C15H17NO4. The number of ether oxygens (including phenoxy) is 1. The normalized spacial score (nSPS) is 10.3. The molecule has 0 atom stereocenters. The Kier molecular flexibility index (Phi) is 4.42. The fourth-order valence-electron chi connectivity index (χ4n) is 1.85. The Morgan fingerprint density at radius 3 is 2.70 bits per heavy atom. The number of aliphatic hydroxyl groups excluding tert-OH is 1. The molecule has 2 N–H and O–H groups in total. The van der Waals surface area contributed by atoms with Gasteiger partial charge < -0.3 is 19.6 Å². The molecule has 1 aromatic heterocycles. The van der Waals surface area contributed by atoms with E-state index in [4.69, 9.17) is 14.3 Å². The molecule has 0 saturated carbocycles. The molecule has 0 amide bonds. The first-order valence-electron chi connectivity index (χ1n) is 6.25. The SMILES string of the molecule is COC(=O)c1cc(NCc2ccc(CO)o2)ccc1C. The lowest BCUT2D eigenvalue weighted by Gasteiger charge is -2.08.